The summed E-state index contributed by atoms with van der Waals surface area (Å²) in [5, 5.41) is 19.5. The molecule has 0 amide bonds. The van der Waals surface area contributed by atoms with Crippen molar-refractivity contribution in [2.75, 3.05) is 0 Å². The van der Waals surface area contributed by atoms with Crippen molar-refractivity contribution >= 4 is 5.65 Å². The average molecular weight is 419 g/mol. The first-order valence-corrected chi connectivity index (χ1v) is 9.57. The van der Waals surface area contributed by atoms with E-state index in [2.05, 4.69) is 25.7 Å². The first-order valence-electron chi connectivity index (χ1n) is 9.57. The maximum atomic E-state index is 14.4. The number of nitrogens with zero attached hydrogens (tertiary/aromatic N) is 9. The number of rotatable bonds is 6. The van der Waals surface area contributed by atoms with Crippen molar-refractivity contribution in [1.82, 2.24) is 44.6 Å². The van der Waals surface area contributed by atoms with E-state index in [9.17, 15) is 4.39 Å². The van der Waals surface area contributed by atoms with E-state index < -0.39 is 5.82 Å². The number of benzene rings is 1. The maximum absolute atomic E-state index is 14.4. The van der Waals surface area contributed by atoms with Crippen molar-refractivity contribution in [1.29, 1.82) is 0 Å². The molecule has 4 heterocycles. The summed E-state index contributed by atoms with van der Waals surface area (Å²) in [6, 6.07) is 6.52. The summed E-state index contributed by atoms with van der Waals surface area (Å²) in [4.78, 5) is 4.76. The molecule has 11 heteroatoms. The van der Waals surface area contributed by atoms with Gasteiger partial charge >= 0.3 is 0 Å². The molecule has 4 aromatic heterocycles. The van der Waals surface area contributed by atoms with E-state index in [-0.39, 0.29) is 11.9 Å². The topological polar surface area (TPSA) is 101 Å². The van der Waals surface area contributed by atoms with E-state index in [1.807, 2.05) is 32.4 Å². The summed E-state index contributed by atoms with van der Waals surface area (Å²) < 4.78 is 25.2. The van der Waals surface area contributed by atoms with Crippen LogP contribution >= 0.6 is 0 Å². The van der Waals surface area contributed by atoms with Crippen molar-refractivity contribution < 1.29 is 9.13 Å². The van der Waals surface area contributed by atoms with Gasteiger partial charge in [0.1, 0.15) is 12.4 Å². The Morgan fingerprint density at radius 1 is 1.13 bits per heavy atom. The minimum Gasteiger partial charge on any atom is -0.486 e. The van der Waals surface area contributed by atoms with Gasteiger partial charge in [0.25, 0.3) is 0 Å². The van der Waals surface area contributed by atoms with Crippen LogP contribution in [-0.4, -0.2) is 50.7 Å². The second-order valence-corrected chi connectivity index (χ2v) is 7.15. The molecule has 0 unspecified atom stereocenters. The molecule has 10 nitrogen and oxygen atoms in total. The Morgan fingerprint density at radius 2 is 2.03 bits per heavy atom. The molecule has 0 bridgehead atoms. The van der Waals surface area contributed by atoms with Crippen LogP contribution in [0.5, 0.6) is 5.75 Å². The van der Waals surface area contributed by atoms with E-state index in [1.165, 1.54) is 17.1 Å². The largest absolute Gasteiger partial charge is 0.486 e. The fourth-order valence-electron chi connectivity index (χ4n) is 3.33. The summed E-state index contributed by atoms with van der Waals surface area (Å²) in [6.07, 6.45) is 8.39. The van der Waals surface area contributed by atoms with Crippen LogP contribution in [0.4, 0.5) is 4.39 Å². The maximum Gasteiger partial charge on any atom is 0.165 e. The molecule has 1 aromatic carbocycles. The second kappa shape index (κ2) is 7.59. The van der Waals surface area contributed by atoms with Gasteiger partial charge in [-0.05, 0) is 41.6 Å². The van der Waals surface area contributed by atoms with E-state index in [4.69, 9.17) is 9.72 Å². The van der Waals surface area contributed by atoms with Crippen LogP contribution < -0.4 is 4.74 Å². The van der Waals surface area contributed by atoms with Crippen LogP contribution in [0.15, 0.2) is 55.4 Å². The zero-order valence-electron chi connectivity index (χ0n) is 16.8. The smallest absolute Gasteiger partial charge is 0.165 e. The minimum atomic E-state index is -0.450. The van der Waals surface area contributed by atoms with Gasteiger partial charge in [0, 0.05) is 36.1 Å². The molecule has 0 spiro atoms. The molecule has 0 saturated carbocycles. The van der Waals surface area contributed by atoms with Gasteiger partial charge in [-0.3, -0.25) is 4.68 Å². The highest BCUT2D eigenvalue weighted by atomic mass is 19.1. The zero-order valence-corrected chi connectivity index (χ0v) is 16.8. The van der Waals surface area contributed by atoms with Crippen LogP contribution in [0, 0.1) is 5.82 Å². The van der Waals surface area contributed by atoms with Crippen molar-refractivity contribution in [3.63, 3.8) is 0 Å². The van der Waals surface area contributed by atoms with E-state index >= 15 is 0 Å². The zero-order chi connectivity index (χ0) is 21.4. The molecule has 0 aliphatic heterocycles. The van der Waals surface area contributed by atoms with Gasteiger partial charge in [-0.2, -0.15) is 10.2 Å². The predicted octanol–water partition coefficient (Wildman–Crippen LogP) is 2.39. The van der Waals surface area contributed by atoms with Gasteiger partial charge < -0.3 is 4.74 Å². The Kier molecular flexibility index (Phi) is 4.62. The number of halogens is 1. The number of hydrogen-bond donors (Lipinski definition) is 0. The Labute approximate surface area is 175 Å². The number of hydrogen-bond acceptors (Lipinski definition) is 7. The number of fused-ring (bicyclic) bond motifs is 1. The third-order valence-corrected chi connectivity index (χ3v) is 4.78. The van der Waals surface area contributed by atoms with Crippen molar-refractivity contribution in [3.05, 3.63) is 61.2 Å². The molecule has 5 rings (SSSR count). The standard InChI is InChI=1S/C20H18FN9O/c1-13(10-29-12-22-26-27-29)31-19-7-14(3-4-17(19)21)18-5-6-30-20(25-18)16(9-24-30)15-8-23-28(2)11-15/h3-9,11-13H,10H2,1-2H3/t13-/m0/s1. The van der Waals surface area contributed by atoms with Crippen molar-refractivity contribution in [2.24, 2.45) is 7.05 Å². The Morgan fingerprint density at radius 3 is 2.81 bits per heavy atom. The molecular weight excluding hydrogens is 401 g/mol. The summed E-state index contributed by atoms with van der Waals surface area (Å²) >= 11 is 0. The van der Waals surface area contributed by atoms with Crippen LogP contribution in [0.25, 0.3) is 28.0 Å². The highest BCUT2D eigenvalue weighted by Gasteiger charge is 2.14. The molecule has 0 aliphatic carbocycles. The van der Waals surface area contributed by atoms with Gasteiger partial charge in [-0.15, -0.1) is 5.10 Å². The van der Waals surface area contributed by atoms with Crippen molar-refractivity contribution in [2.45, 2.75) is 19.6 Å². The molecule has 156 valence electrons. The number of tetrazole rings is 1. The van der Waals surface area contributed by atoms with Crippen LogP contribution in [0.3, 0.4) is 0 Å². The Hall–Kier alpha value is -4.15. The molecule has 0 fully saturated rings. The molecule has 1 atom stereocenters. The summed E-state index contributed by atoms with van der Waals surface area (Å²) in [7, 11) is 1.86. The van der Waals surface area contributed by atoms with Gasteiger partial charge in [0.15, 0.2) is 17.2 Å². The highest BCUT2D eigenvalue weighted by molar-refractivity contribution is 5.77. The molecule has 0 saturated heterocycles. The van der Waals surface area contributed by atoms with Gasteiger partial charge in [0.2, 0.25) is 0 Å². The number of ether oxygens (including phenoxy) is 1. The number of aryl methyl sites for hydroxylation is 1. The molecule has 0 radical (unpaired) electrons. The highest BCUT2D eigenvalue weighted by Crippen LogP contribution is 2.29. The van der Waals surface area contributed by atoms with Gasteiger partial charge in [-0.25, -0.2) is 18.6 Å². The molecule has 0 aliphatic rings. The minimum absolute atomic E-state index is 0.140. The van der Waals surface area contributed by atoms with Crippen molar-refractivity contribution in [3.8, 4) is 28.1 Å². The molecule has 31 heavy (non-hydrogen) atoms. The van der Waals surface area contributed by atoms with E-state index in [0.717, 1.165) is 16.7 Å². The third kappa shape index (κ3) is 3.72. The monoisotopic (exact) mass is 419 g/mol. The van der Waals surface area contributed by atoms with Crippen LogP contribution in [0.2, 0.25) is 0 Å². The van der Waals surface area contributed by atoms with Gasteiger partial charge in [-0.1, -0.05) is 0 Å². The summed E-state index contributed by atoms with van der Waals surface area (Å²) in [5.74, 6) is -0.311. The summed E-state index contributed by atoms with van der Waals surface area (Å²) in [5.41, 5.74) is 3.87. The molecule has 5 aromatic rings. The Balaban J connectivity index is 1.46. The molecular formula is C20H18FN9O. The fraction of sp³-hybridized carbons (Fsp3) is 0.200. The fourth-order valence-corrected chi connectivity index (χ4v) is 3.33. The number of aromatic nitrogens is 9. The second-order valence-electron chi connectivity index (χ2n) is 7.15. The van der Waals surface area contributed by atoms with Gasteiger partial charge in [0.05, 0.1) is 24.6 Å². The summed E-state index contributed by atoms with van der Waals surface area (Å²) in [6.45, 7) is 2.22. The predicted molar refractivity (Wildman–Crippen MR) is 108 cm³/mol. The van der Waals surface area contributed by atoms with Crippen LogP contribution in [-0.2, 0) is 13.6 Å². The van der Waals surface area contributed by atoms with Crippen LogP contribution in [0.1, 0.15) is 6.92 Å². The average Bonchev–Trinajstić information content (AvgIpc) is 3.50. The quantitative estimate of drug-likeness (QED) is 0.416. The first-order chi connectivity index (χ1) is 15.1. The lowest BCUT2D eigenvalue weighted by molar-refractivity contribution is 0.185. The SMILES string of the molecule is C[C@@H](Cn1cnnn1)Oc1cc(-c2ccn3ncc(-c4cnn(C)c4)c3n2)ccc1F. The Bertz CT molecular complexity index is 1340. The van der Waals surface area contributed by atoms with E-state index in [1.54, 1.807) is 33.7 Å². The lowest BCUT2D eigenvalue weighted by atomic mass is 10.1. The third-order valence-electron chi connectivity index (χ3n) is 4.78. The normalized spacial score (nSPS) is 12.4. The first kappa shape index (κ1) is 18.9. The lowest BCUT2D eigenvalue weighted by Crippen LogP contribution is -2.20. The lowest BCUT2D eigenvalue weighted by Gasteiger charge is -2.15. The van der Waals surface area contributed by atoms with E-state index in [0.29, 0.717) is 17.9 Å². The molecule has 0 N–H and O–H groups in total.